The maximum atomic E-state index is 12.9. The van der Waals surface area contributed by atoms with E-state index >= 15 is 0 Å². The monoisotopic (exact) mass is 404 g/mol. The number of carbonyl (C=O) groups excluding carboxylic acids is 1. The molecule has 154 valence electrons. The van der Waals surface area contributed by atoms with Crippen LogP contribution >= 0.6 is 0 Å². The van der Waals surface area contributed by atoms with Gasteiger partial charge in [0.1, 0.15) is 5.69 Å². The first-order chi connectivity index (χ1) is 14.7. The molecule has 0 bridgehead atoms. The van der Waals surface area contributed by atoms with Crippen LogP contribution in [-0.4, -0.2) is 50.6 Å². The molecular weight excluding hydrogens is 380 g/mol. The van der Waals surface area contributed by atoms with Gasteiger partial charge in [0.2, 0.25) is 5.95 Å². The molecule has 0 saturated heterocycles. The molecule has 1 aliphatic carbocycles. The van der Waals surface area contributed by atoms with Crippen LogP contribution in [0.25, 0.3) is 11.0 Å². The van der Waals surface area contributed by atoms with Crippen LogP contribution in [0.15, 0.2) is 36.8 Å². The van der Waals surface area contributed by atoms with Crippen molar-refractivity contribution >= 4 is 40.2 Å². The second-order valence-corrected chi connectivity index (χ2v) is 7.63. The number of nitrogens with zero attached hydrogens (tertiary/aromatic N) is 7. The lowest BCUT2D eigenvalue weighted by Crippen LogP contribution is -2.59. The van der Waals surface area contributed by atoms with Gasteiger partial charge in [0, 0.05) is 31.7 Å². The van der Waals surface area contributed by atoms with E-state index in [-0.39, 0.29) is 12.1 Å². The fourth-order valence-corrected chi connectivity index (χ4v) is 4.29. The molecule has 0 radical (unpaired) electrons. The summed E-state index contributed by atoms with van der Waals surface area (Å²) in [7, 11) is 1.77. The van der Waals surface area contributed by atoms with Crippen LogP contribution in [-0.2, 0) is 0 Å². The zero-order valence-electron chi connectivity index (χ0n) is 17.1. The number of rotatable bonds is 4. The Morgan fingerprint density at radius 3 is 2.63 bits per heavy atom. The van der Waals surface area contributed by atoms with Crippen molar-refractivity contribution in [2.24, 2.45) is 0 Å². The molecule has 9 nitrogen and oxygen atoms in total. The van der Waals surface area contributed by atoms with Crippen LogP contribution in [0, 0.1) is 0 Å². The Morgan fingerprint density at radius 2 is 1.87 bits per heavy atom. The summed E-state index contributed by atoms with van der Waals surface area (Å²) in [6.45, 7) is 2.59. The van der Waals surface area contributed by atoms with Crippen molar-refractivity contribution in [1.82, 2.24) is 24.9 Å². The summed E-state index contributed by atoms with van der Waals surface area (Å²) in [4.78, 5) is 32.5. The first-order valence-electron chi connectivity index (χ1n) is 10.3. The predicted molar refractivity (Wildman–Crippen MR) is 116 cm³/mol. The Balaban J connectivity index is 1.52. The molecule has 1 aliphatic heterocycles. The van der Waals surface area contributed by atoms with Gasteiger partial charge < -0.3 is 5.32 Å². The van der Waals surface area contributed by atoms with E-state index in [4.69, 9.17) is 4.98 Å². The molecule has 0 unspecified atom stereocenters. The van der Waals surface area contributed by atoms with E-state index in [9.17, 15) is 4.79 Å². The number of hydrogen-bond donors (Lipinski definition) is 1. The number of fused-ring (bicyclic) bond motifs is 2. The molecule has 1 aromatic carbocycles. The molecule has 2 aromatic heterocycles. The summed E-state index contributed by atoms with van der Waals surface area (Å²) in [5.74, 6) is 1.25. The van der Waals surface area contributed by atoms with Crippen molar-refractivity contribution in [3.05, 3.63) is 36.8 Å². The Morgan fingerprint density at radius 1 is 1.10 bits per heavy atom. The van der Waals surface area contributed by atoms with E-state index in [2.05, 4.69) is 25.3 Å². The number of carbonyl (C=O) groups is 1. The molecule has 9 heteroatoms. The highest BCUT2D eigenvalue weighted by Gasteiger charge is 2.39. The largest absolute Gasteiger partial charge is 0.343 e. The third kappa shape index (κ3) is 3.06. The first-order valence-corrected chi connectivity index (χ1v) is 10.3. The standard InChI is InChI=1S/C21H24N8O/c1-3-28-21(30)27(2)18-13-24-20(26-19(18)29(28)15-6-4-5-7-15)25-14-8-9-16-17(12-14)23-11-10-22-16/h8-13,15H,3-7H2,1-2H3,(H,24,25,26). The molecular formula is C21H24N8O. The van der Waals surface area contributed by atoms with Crippen molar-refractivity contribution in [3.8, 4) is 0 Å². The molecule has 1 saturated carbocycles. The molecule has 2 amide bonds. The third-order valence-electron chi connectivity index (χ3n) is 5.79. The zero-order chi connectivity index (χ0) is 20.7. The Kier molecular flexibility index (Phi) is 4.57. The number of benzene rings is 1. The van der Waals surface area contributed by atoms with Crippen LogP contribution in [0.5, 0.6) is 0 Å². The highest BCUT2D eigenvalue weighted by atomic mass is 16.2. The maximum absolute atomic E-state index is 12.9. The molecule has 0 spiro atoms. The average molecular weight is 404 g/mol. The fraction of sp³-hybridized carbons (Fsp3) is 0.381. The van der Waals surface area contributed by atoms with Gasteiger partial charge in [-0.2, -0.15) is 4.98 Å². The highest BCUT2D eigenvalue weighted by Crippen LogP contribution is 2.38. The van der Waals surface area contributed by atoms with Gasteiger partial charge in [0.15, 0.2) is 5.82 Å². The molecule has 1 N–H and O–H groups in total. The van der Waals surface area contributed by atoms with Gasteiger partial charge in [0.05, 0.1) is 23.3 Å². The number of hydrazine groups is 1. The van der Waals surface area contributed by atoms with Gasteiger partial charge in [-0.05, 0) is 38.0 Å². The van der Waals surface area contributed by atoms with E-state index in [1.807, 2.05) is 25.1 Å². The second kappa shape index (κ2) is 7.40. The van der Waals surface area contributed by atoms with E-state index < -0.39 is 0 Å². The average Bonchev–Trinajstić information content (AvgIpc) is 3.30. The summed E-state index contributed by atoms with van der Waals surface area (Å²) in [5, 5.41) is 7.16. The van der Waals surface area contributed by atoms with Crippen molar-refractivity contribution in [1.29, 1.82) is 0 Å². The minimum absolute atomic E-state index is 0.0469. The van der Waals surface area contributed by atoms with Crippen LogP contribution in [0.2, 0.25) is 0 Å². The van der Waals surface area contributed by atoms with Crippen LogP contribution in [0.1, 0.15) is 32.6 Å². The van der Waals surface area contributed by atoms with Crippen LogP contribution in [0.3, 0.4) is 0 Å². The smallest absolute Gasteiger partial charge is 0.324 e. The van der Waals surface area contributed by atoms with Crippen LogP contribution < -0.4 is 15.2 Å². The topological polar surface area (TPSA) is 90.4 Å². The normalized spacial score (nSPS) is 17.0. The van der Waals surface area contributed by atoms with Crippen molar-refractivity contribution in [2.45, 2.75) is 38.6 Å². The lowest BCUT2D eigenvalue weighted by molar-refractivity contribution is 0.191. The molecule has 2 aliphatic rings. The van der Waals surface area contributed by atoms with Crippen molar-refractivity contribution < 1.29 is 4.79 Å². The molecule has 5 rings (SSSR count). The summed E-state index contributed by atoms with van der Waals surface area (Å²) in [5.41, 5.74) is 3.20. The minimum atomic E-state index is -0.0469. The van der Waals surface area contributed by atoms with Gasteiger partial charge in [-0.1, -0.05) is 12.8 Å². The number of urea groups is 1. The Hall–Kier alpha value is -3.49. The number of hydrogen-bond acceptors (Lipinski definition) is 7. The maximum Gasteiger partial charge on any atom is 0.343 e. The van der Waals surface area contributed by atoms with Crippen molar-refractivity contribution in [2.75, 3.05) is 28.8 Å². The van der Waals surface area contributed by atoms with Crippen molar-refractivity contribution in [3.63, 3.8) is 0 Å². The SMILES string of the molecule is CCN1C(=O)N(C)c2cnc(Nc3ccc4nccnc4c3)nc2N1C1CCCC1. The molecule has 3 aromatic rings. The van der Waals surface area contributed by atoms with Crippen LogP contribution in [0.4, 0.5) is 27.9 Å². The molecule has 30 heavy (non-hydrogen) atoms. The summed E-state index contributed by atoms with van der Waals surface area (Å²) in [6.07, 6.45) is 9.54. The van der Waals surface area contributed by atoms with E-state index in [1.165, 1.54) is 12.8 Å². The fourth-order valence-electron chi connectivity index (χ4n) is 4.29. The summed E-state index contributed by atoms with van der Waals surface area (Å²) < 4.78 is 0. The number of amides is 2. The number of nitrogens with one attached hydrogen (secondary N) is 1. The summed E-state index contributed by atoms with van der Waals surface area (Å²) in [6, 6.07) is 6.00. The highest BCUT2D eigenvalue weighted by molar-refractivity contribution is 5.98. The summed E-state index contributed by atoms with van der Waals surface area (Å²) >= 11 is 0. The zero-order valence-corrected chi connectivity index (χ0v) is 17.1. The predicted octanol–water partition coefficient (Wildman–Crippen LogP) is 3.72. The van der Waals surface area contributed by atoms with Gasteiger partial charge in [0.25, 0.3) is 0 Å². The number of aromatic nitrogens is 4. The Bertz CT molecular complexity index is 1100. The molecule has 3 heterocycles. The van der Waals surface area contributed by atoms with Gasteiger partial charge >= 0.3 is 6.03 Å². The second-order valence-electron chi connectivity index (χ2n) is 7.63. The lowest BCUT2D eigenvalue weighted by atomic mass is 10.2. The quantitative estimate of drug-likeness (QED) is 0.709. The molecule has 0 atom stereocenters. The third-order valence-corrected chi connectivity index (χ3v) is 5.79. The van der Waals surface area contributed by atoms with Gasteiger partial charge in [-0.15, -0.1) is 0 Å². The van der Waals surface area contributed by atoms with Gasteiger partial charge in [-0.3, -0.25) is 19.9 Å². The van der Waals surface area contributed by atoms with E-state index in [0.29, 0.717) is 12.5 Å². The minimum Gasteiger partial charge on any atom is -0.324 e. The lowest BCUT2D eigenvalue weighted by Gasteiger charge is -2.45. The van der Waals surface area contributed by atoms with E-state index in [1.54, 1.807) is 35.5 Å². The molecule has 1 fully saturated rings. The number of anilines is 4. The van der Waals surface area contributed by atoms with Gasteiger partial charge in [-0.25, -0.2) is 14.8 Å². The Labute approximate surface area is 174 Å². The first kappa shape index (κ1) is 18.5. The van der Waals surface area contributed by atoms with E-state index in [0.717, 1.165) is 41.1 Å².